The topological polar surface area (TPSA) is 72.8 Å². The highest BCUT2D eigenvalue weighted by atomic mass is 32.3. The van der Waals surface area contributed by atoms with Crippen LogP contribution in [-0.4, -0.2) is 19.6 Å². The van der Waals surface area contributed by atoms with Gasteiger partial charge in [0.15, 0.2) is 0 Å². The van der Waals surface area contributed by atoms with E-state index in [0.717, 1.165) is 0 Å². The largest absolute Gasteiger partial charge is 0.490 e. The van der Waals surface area contributed by atoms with Gasteiger partial charge in [-0.25, -0.2) is 4.18 Å². The molecule has 0 saturated carbocycles. The van der Waals surface area contributed by atoms with Gasteiger partial charge in [-0.05, 0) is 17.7 Å². The molecule has 2 aromatic rings. The van der Waals surface area contributed by atoms with E-state index in [1.54, 1.807) is 54.6 Å². The van der Waals surface area contributed by atoms with Crippen LogP contribution in [0.2, 0.25) is 0 Å². The van der Waals surface area contributed by atoms with E-state index in [1.165, 1.54) is 0 Å². The second-order valence-electron chi connectivity index (χ2n) is 4.05. The second-order valence-corrected chi connectivity index (χ2v) is 5.10. The SMILES string of the molecule is O=S(=O)(O)OC(COc1ccccc1)c1ccccc1. The maximum atomic E-state index is 10.9. The number of hydrogen-bond acceptors (Lipinski definition) is 4. The maximum Gasteiger partial charge on any atom is 0.398 e. The van der Waals surface area contributed by atoms with Crippen LogP contribution in [0.5, 0.6) is 5.75 Å². The Hall–Kier alpha value is -1.89. The molecule has 1 unspecified atom stereocenters. The molecule has 0 aliphatic heterocycles. The lowest BCUT2D eigenvalue weighted by molar-refractivity contribution is 0.120. The van der Waals surface area contributed by atoms with Crippen molar-refractivity contribution in [3.63, 3.8) is 0 Å². The molecule has 0 aromatic heterocycles. The Balaban J connectivity index is 2.11. The molecule has 0 amide bonds. The smallest absolute Gasteiger partial charge is 0.398 e. The third-order valence-electron chi connectivity index (χ3n) is 2.55. The lowest BCUT2D eigenvalue weighted by Crippen LogP contribution is -2.17. The van der Waals surface area contributed by atoms with Crippen molar-refractivity contribution in [2.45, 2.75) is 6.10 Å². The molecule has 0 spiro atoms. The normalized spacial score (nSPS) is 12.8. The minimum Gasteiger partial charge on any atom is -0.490 e. The quantitative estimate of drug-likeness (QED) is 0.829. The van der Waals surface area contributed by atoms with Crippen LogP contribution >= 0.6 is 0 Å². The summed E-state index contributed by atoms with van der Waals surface area (Å²) in [6, 6.07) is 17.6. The second kappa shape index (κ2) is 6.51. The van der Waals surface area contributed by atoms with Crippen molar-refractivity contribution in [1.29, 1.82) is 0 Å². The first-order valence-electron chi connectivity index (χ1n) is 5.93. The molecule has 0 saturated heterocycles. The summed E-state index contributed by atoms with van der Waals surface area (Å²) in [5, 5.41) is 0. The lowest BCUT2D eigenvalue weighted by atomic mass is 10.1. The Kier molecular flexibility index (Phi) is 4.73. The molecule has 2 aromatic carbocycles. The molecule has 2 rings (SSSR count). The summed E-state index contributed by atoms with van der Waals surface area (Å²) < 4.78 is 40.8. The molecule has 0 aliphatic rings. The number of rotatable bonds is 6. The van der Waals surface area contributed by atoms with Gasteiger partial charge in [-0.3, -0.25) is 4.55 Å². The fraction of sp³-hybridized carbons (Fsp3) is 0.143. The van der Waals surface area contributed by atoms with Crippen LogP contribution in [-0.2, 0) is 14.6 Å². The minimum atomic E-state index is -4.56. The Morgan fingerprint density at radius 3 is 2.05 bits per heavy atom. The fourth-order valence-corrected chi connectivity index (χ4v) is 2.14. The van der Waals surface area contributed by atoms with Crippen molar-refractivity contribution in [2.75, 3.05) is 6.61 Å². The molecule has 106 valence electrons. The van der Waals surface area contributed by atoms with E-state index in [4.69, 9.17) is 9.29 Å². The molecular formula is C14H14O5S. The van der Waals surface area contributed by atoms with Gasteiger partial charge >= 0.3 is 10.4 Å². The van der Waals surface area contributed by atoms with Crippen LogP contribution in [0.15, 0.2) is 60.7 Å². The zero-order chi connectivity index (χ0) is 14.4. The van der Waals surface area contributed by atoms with E-state index in [-0.39, 0.29) is 6.61 Å². The molecule has 1 N–H and O–H groups in total. The van der Waals surface area contributed by atoms with E-state index in [0.29, 0.717) is 11.3 Å². The number of benzene rings is 2. The van der Waals surface area contributed by atoms with E-state index in [1.807, 2.05) is 6.07 Å². The molecule has 1 atom stereocenters. The van der Waals surface area contributed by atoms with Crippen molar-refractivity contribution in [2.24, 2.45) is 0 Å². The first-order valence-corrected chi connectivity index (χ1v) is 7.29. The zero-order valence-corrected chi connectivity index (χ0v) is 11.4. The van der Waals surface area contributed by atoms with Gasteiger partial charge in [-0.15, -0.1) is 0 Å². The molecular weight excluding hydrogens is 280 g/mol. The highest BCUT2D eigenvalue weighted by Gasteiger charge is 2.20. The maximum absolute atomic E-state index is 10.9. The Morgan fingerprint density at radius 1 is 0.950 bits per heavy atom. The predicted octanol–water partition coefficient (Wildman–Crippen LogP) is 2.63. The van der Waals surface area contributed by atoms with Gasteiger partial charge in [0, 0.05) is 0 Å². The highest BCUT2D eigenvalue weighted by Crippen LogP contribution is 2.21. The van der Waals surface area contributed by atoms with Crippen molar-refractivity contribution in [1.82, 2.24) is 0 Å². The van der Waals surface area contributed by atoms with E-state index < -0.39 is 16.5 Å². The van der Waals surface area contributed by atoms with E-state index in [2.05, 4.69) is 4.18 Å². The summed E-state index contributed by atoms with van der Waals surface area (Å²) in [7, 11) is -4.56. The van der Waals surface area contributed by atoms with Gasteiger partial charge < -0.3 is 4.74 Å². The number of para-hydroxylation sites is 1. The molecule has 0 heterocycles. The Labute approximate surface area is 117 Å². The van der Waals surface area contributed by atoms with Crippen LogP contribution in [0, 0.1) is 0 Å². The summed E-state index contributed by atoms with van der Waals surface area (Å²) in [5.74, 6) is 0.590. The molecule has 5 nitrogen and oxygen atoms in total. The average molecular weight is 294 g/mol. The predicted molar refractivity (Wildman–Crippen MR) is 73.8 cm³/mol. The molecule has 0 aliphatic carbocycles. The monoisotopic (exact) mass is 294 g/mol. The number of hydrogen-bond donors (Lipinski definition) is 1. The Morgan fingerprint density at radius 2 is 1.50 bits per heavy atom. The third-order valence-corrected chi connectivity index (χ3v) is 3.03. The molecule has 20 heavy (non-hydrogen) atoms. The molecule has 0 bridgehead atoms. The van der Waals surface area contributed by atoms with Crippen molar-refractivity contribution >= 4 is 10.4 Å². The van der Waals surface area contributed by atoms with Crippen molar-refractivity contribution in [3.8, 4) is 5.75 Å². The third kappa shape index (κ3) is 4.65. The summed E-state index contributed by atoms with van der Waals surface area (Å²) >= 11 is 0. The van der Waals surface area contributed by atoms with Crippen LogP contribution in [0.3, 0.4) is 0 Å². The zero-order valence-electron chi connectivity index (χ0n) is 10.5. The van der Waals surface area contributed by atoms with Gasteiger partial charge in [0.1, 0.15) is 18.5 Å². The summed E-state index contributed by atoms with van der Waals surface area (Å²) in [6.07, 6.45) is -0.911. The van der Waals surface area contributed by atoms with Gasteiger partial charge in [-0.2, -0.15) is 8.42 Å². The average Bonchev–Trinajstić information content (AvgIpc) is 2.44. The summed E-state index contributed by atoms with van der Waals surface area (Å²) in [4.78, 5) is 0. The van der Waals surface area contributed by atoms with E-state index >= 15 is 0 Å². The van der Waals surface area contributed by atoms with Crippen LogP contribution in [0.25, 0.3) is 0 Å². The van der Waals surface area contributed by atoms with Gasteiger partial charge in [0.05, 0.1) is 0 Å². The fourth-order valence-electron chi connectivity index (χ4n) is 1.68. The first kappa shape index (κ1) is 14.5. The highest BCUT2D eigenvalue weighted by molar-refractivity contribution is 7.80. The van der Waals surface area contributed by atoms with Crippen LogP contribution < -0.4 is 4.74 Å². The molecule has 0 radical (unpaired) electrons. The summed E-state index contributed by atoms with van der Waals surface area (Å²) in [5.41, 5.74) is 0.598. The van der Waals surface area contributed by atoms with E-state index in [9.17, 15) is 8.42 Å². The standard InChI is InChI=1S/C14H14O5S/c15-20(16,17)19-14(12-7-3-1-4-8-12)11-18-13-9-5-2-6-10-13/h1-10,14H,11H2,(H,15,16,17). The van der Waals surface area contributed by atoms with Crippen molar-refractivity contribution < 1.29 is 21.9 Å². The van der Waals surface area contributed by atoms with Gasteiger partial charge in [0.2, 0.25) is 0 Å². The lowest BCUT2D eigenvalue weighted by Gasteiger charge is -2.16. The van der Waals surface area contributed by atoms with Crippen LogP contribution in [0.4, 0.5) is 0 Å². The number of ether oxygens (including phenoxy) is 1. The Bertz CT molecular complexity index is 625. The van der Waals surface area contributed by atoms with Gasteiger partial charge in [0.25, 0.3) is 0 Å². The van der Waals surface area contributed by atoms with Gasteiger partial charge in [-0.1, -0.05) is 48.5 Å². The molecule has 6 heteroatoms. The minimum absolute atomic E-state index is 0.0339. The van der Waals surface area contributed by atoms with Crippen LogP contribution in [0.1, 0.15) is 11.7 Å². The molecule has 0 fully saturated rings. The first-order chi connectivity index (χ1) is 9.54. The van der Waals surface area contributed by atoms with Crippen molar-refractivity contribution in [3.05, 3.63) is 66.2 Å². The summed E-state index contributed by atoms with van der Waals surface area (Å²) in [6.45, 7) is -0.0339.